The van der Waals surface area contributed by atoms with E-state index in [2.05, 4.69) is 17.0 Å². The van der Waals surface area contributed by atoms with Crippen molar-refractivity contribution in [3.8, 4) is 11.5 Å². The van der Waals surface area contributed by atoms with Gasteiger partial charge in [0.25, 0.3) is 5.91 Å². The SMILES string of the molecule is CCOc1ccccc1N1CCN(C(=O)COc2ccccc2C2SCCS2)CC1. The Kier molecular flexibility index (Phi) is 7.33. The summed E-state index contributed by atoms with van der Waals surface area (Å²) in [5, 5.41) is 0. The van der Waals surface area contributed by atoms with Crippen LogP contribution in [0, 0.1) is 0 Å². The third-order valence-electron chi connectivity index (χ3n) is 5.28. The van der Waals surface area contributed by atoms with E-state index in [1.54, 1.807) is 0 Å². The van der Waals surface area contributed by atoms with Gasteiger partial charge in [-0.3, -0.25) is 4.79 Å². The highest BCUT2D eigenvalue weighted by atomic mass is 32.2. The summed E-state index contributed by atoms with van der Waals surface area (Å²) in [6, 6.07) is 16.2. The predicted molar refractivity (Wildman–Crippen MR) is 126 cm³/mol. The maximum atomic E-state index is 12.8. The van der Waals surface area contributed by atoms with Crippen molar-refractivity contribution in [1.82, 2.24) is 4.90 Å². The normalized spacial score (nSPS) is 17.2. The van der Waals surface area contributed by atoms with E-state index in [9.17, 15) is 4.79 Å². The molecule has 0 atom stereocenters. The minimum atomic E-state index is 0.0503. The average Bonchev–Trinajstić information content (AvgIpc) is 3.33. The molecular weight excluding hydrogens is 416 g/mol. The number of para-hydroxylation sites is 3. The molecule has 0 N–H and O–H groups in total. The molecule has 2 aromatic rings. The summed E-state index contributed by atoms with van der Waals surface area (Å²) in [6.45, 7) is 5.71. The smallest absolute Gasteiger partial charge is 0.260 e. The third-order valence-corrected chi connectivity index (χ3v) is 8.35. The Bertz CT molecular complexity index is 850. The molecule has 0 aromatic heterocycles. The maximum absolute atomic E-state index is 12.8. The highest BCUT2D eigenvalue weighted by Gasteiger charge is 2.25. The van der Waals surface area contributed by atoms with Crippen molar-refractivity contribution in [2.24, 2.45) is 0 Å². The number of hydrogen-bond donors (Lipinski definition) is 0. The molecule has 160 valence electrons. The lowest BCUT2D eigenvalue weighted by molar-refractivity contribution is -0.133. The number of anilines is 1. The molecule has 2 heterocycles. The Balaban J connectivity index is 1.31. The molecule has 0 unspecified atom stereocenters. The Morgan fingerprint density at radius 1 is 0.933 bits per heavy atom. The first-order chi connectivity index (χ1) is 14.8. The zero-order valence-corrected chi connectivity index (χ0v) is 18.9. The average molecular weight is 445 g/mol. The van der Waals surface area contributed by atoms with Crippen molar-refractivity contribution < 1.29 is 14.3 Å². The lowest BCUT2D eigenvalue weighted by Crippen LogP contribution is -2.50. The van der Waals surface area contributed by atoms with E-state index in [4.69, 9.17) is 9.47 Å². The molecule has 0 spiro atoms. The van der Waals surface area contributed by atoms with Gasteiger partial charge in [0.15, 0.2) is 6.61 Å². The van der Waals surface area contributed by atoms with Crippen molar-refractivity contribution in [2.45, 2.75) is 11.5 Å². The van der Waals surface area contributed by atoms with Crippen LogP contribution in [0.25, 0.3) is 0 Å². The molecule has 0 bridgehead atoms. The van der Waals surface area contributed by atoms with Crippen LogP contribution in [-0.2, 0) is 4.79 Å². The van der Waals surface area contributed by atoms with Gasteiger partial charge in [-0.05, 0) is 25.1 Å². The second-order valence-corrected chi connectivity index (χ2v) is 9.89. The van der Waals surface area contributed by atoms with Gasteiger partial charge in [0.1, 0.15) is 11.5 Å². The molecular formula is C23H28N2O3S2. The first-order valence-electron chi connectivity index (χ1n) is 10.5. The number of nitrogens with zero attached hydrogens (tertiary/aromatic N) is 2. The highest BCUT2D eigenvalue weighted by Crippen LogP contribution is 2.48. The van der Waals surface area contributed by atoms with E-state index in [0.29, 0.717) is 24.3 Å². The van der Waals surface area contributed by atoms with Gasteiger partial charge in [-0.15, -0.1) is 23.5 Å². The van der Waals surface area contributed by atoms with Gasteiger partial charge in [0.2, 0.25) is 0 Å². The quantitative estimate of drug-likeness (QED) is 0.635. The number of carbonyl (C=O) groups is 1. The van der Waals surface area contributed by atoms with Gasteiger partial charge >= 0.3 is 0 Å². The highest BCUT2D eigenvalue weighted by molar-refractivity contribution is 8.19. The summed E-state index contributed by atoms with van der Waals surface area (Å²) in [7, 11) is 0. The Labute approximate surface area is 187 Å². The minimum Gasteiger partial charge on any atom is -0.492 e. The number of ether oxygens (including phenoxy) is 2. The van der Waals surface area contributed by atoms with Crippen LogP contribution in [0.4, 0.5) is 5.69 Å². The molecule has 2 aliphatic heterocycles. The summed E-state index contributed by atoms with van der Waals surface area (Å²) < 4.78 is 12.1. The van der Waals surface area contributed by atoms with Crippen LogP contribution in [0.3, 0.4) is 0 Å². The number of benzene rings is 2. The molecule has 0 radical (unpaired) electrons. The van der Waals surface area contributed by atoms with Crippen LogP contribution in [0.5, 0.6) is 11.5 Å². The Morgan fingerprint density at radius 3 is 2.33 bits per heavy atom. The fourth-order valence-corrected chi connectivity index (χ4v) is 6.68. The van der Waals surface area contributed by atoms with Gasteiger partial charge in [0.05, 0.1) is 16.9 Å². The van der Waals surface area contributed by atoms with Crippen LogP contribution in [0.15, 0.2) is 48.5 Å². The number of thioether (sulfide) groups is 2. The fraction of sp³-hybridized carbons (Fsp3) is 0.435. The molecule has 2 fully saturated rings. The first-order valence-corrected chi connectivity index (χ1v) is 12.6. The van der Waals surface area contributed by atoms with Crippen molar-refractivity contribution in [1.29, 1.82) is 0 Å². The molecule has 2 aliphatic rings. The maximum Gasteiger partial charge on any atom is 0.260 e. The third kappa shape index (κ3) is 5.01. The monoisotopic (exact) mass is 444 g/mol. The fourth-order valence-electron chi connectivity index (χ4n) is 3.77. The summed E-state index contributed by atoms with van der Waals surface area (Å²) in [6.07, 6.45) is 0. The van der Waals surface area contributed by atoms with Crippen molar-refractivity contribution in [3.05, 3.63) is 54.1 Å². The van der Waals surface area contributed by atoms with Crippen LogP contribution < -0.4 is 14.4 Å². The lowest BCUT2D eigenvalue weighted by Gasteiger charge is -2.36. The topological polar surface area (TPSA) is 42.0 Å². The molecule has 5 nitrogen and oxygen atoms in total. The summed E-state index contributed by atoms with van der Waals surface area (Å²) in [4.78, 5) is 17.0. The second kappa shape index (κ2) is 10.4. The van der Waals surface area contributed by atoms with Crippen molar-refractivity contribution in [3.63, 3.8) is 0 Å². The molecule has 2 aromatic carbocycles. The first kappa shape index (κ1) is 21.2. The molecule has 2 saturated heterocycles. The van der Waals surface area contributed by atoms with E-state index < -0.39 is 0 Å². The summed E-state index contributed by atoms with van der Waals surface area (Å²) in [5.74, 6) is 4.12. The van der Waals surface area contributed by atoms with E-state index in [1.165, 1.54) is 17.1 Å². The predicted octanol–water partition coefficient (Wildman–Crippen LogP) is 4.29. The van der Waals surface area contributed by atoms with Crippen LogP contribution in [0.1, 0.15) is 17.1 Å². The number of hydrogen-bond acceptors (Lipinski definition) is 6. The molecule has 0 saturated carbocycles. The molecule has 7 heteroatoms. The van der Waals surface area contributed by atoms with Crippen LogP contribution >= 0.6 is 23.5 Å². The van der Waals surface area contributed by atoms with Gasteiger partial charge in [-0.1, -0.05) is 30.3 Å². The Hall–Kier alpha value is -1.99. The molecule has 30 heavy (non-hydrogen) atoms. The van der Waals surface area contributed by atoms with Crippen LogP contribution in [0.2, 0.25) is 0 Å². The largest absolute Gasteiger partial charge is 0.492 e. The number of piperazine rings is 1. The van der Waals surface area contributed by atoms with Gasteiger partial charge in [-0.25, -0.2) is 0 Å². The minimum absolute atomic E-state index is 0.0503. The van der Waals surface area contributed by atoms with Crippen molar-refractivity contribution >= 4 is 35.1 Å². The lowest BCUT2D eigenvalue weighted by atomic mass is 10.2. The van der Waals surface area contributed by atoms with Gasteiger partial charge < -0.3 is 19.3 Å². The Morgan fingerprint density at radius 2 is 1.60 bits per heavy atom. The second-order valence-electron chi connectivity index (χ2n) is 7.17. The number of carbonyl (C=O) groups excluding carboxylic acids is 1. The van der Waals surface area contributed by atoms with Crippen LogP contribution in [-0.4, -0.2) is 61.7 Å². The molecule has 4 rings (SSSR count). The number of amides is 1. The van der Waals surface area contributed by atoms with E-state index in [0.717, 1.165) is 30.3 Å². The zero-order chi connectivity index (χ0) is 20.8. The van der Waals surface area contributed by atoms with E-state index in [-0.39, 0.29) is 12.5 Å². The van der Waals surface area contributed by atoms with Crippen molar-refractivity contribution in [2.75, 3.05) is 55.8 Å². The standard InChI is InChI=1S/C23H28N2O3S2/c1-2-27-21-10-6-4-8-19(21)24-11-13-25(14-12-24)22(26)17-28-20-9-5-3-7-18(20)23-29-15-16-30-23/h3-10,23H,2,11-17H2,1H3. The summed E-state index contributed by atoms with van der Waals surface area (Å²) in [5.41, 5.74) is 2.29. The summed E-state index contributed by atoms with van der Waals surface area (Å²) >= 11 is 3.89. The van der Waals surface area contributed by atoms with Gasteiger partial charge in [-0.2, -0.15) is 0 Å². The van der Waals surface area contributed by atoms with Gasteiger partial charge in [0, 0.05) is 43.2 Å². The zero-order valence-electron chi connectivity index (χ0n) is 17.3. The van der Waals surface area contributed by atoms with E-state index in [1.807, 2.05) is 71.7 Å². The molecule has 1 amide bonds. The van der Waals surface area contributed by atoms with E-state index >= 15 is 0 Å². The molecule has 0 aliphatic carbocycles. The number of rotatable bonds is 7.